The van der Waals surface area contributed by atoms with Crippen LogP contribution in [0.1, 0.15) is 76.3 Å². The van der Waals surface area contributed by atoms with Crippen molar-refractivity contribution in [2.75, 3.05) is 59.7 Å². The fourth-order valence-corrected chi connectivity index (χ4v) is 8.07. The van der Waals surface area contributed by atoms with E-state index >= 15 is 0 Å². The van der Waals surface area contributed by atoms with Crippen molar-refractivity contribution < 1.29 is 38.7 Å². The van der Waals surface area contributed by atoms with Crippen molar-refractivity contribution in [3.63, 3.8) is 0 Å². The number of ether oxygens (including phenoxy) is 4. The Labute approximate surface area is 266 Å². The molecule has 1 aromatic rings. The highest BCUT2D eigenvalue weighted by molar-refractivity contribution is 5.88. The molecule has 0 aromatic heterocycles. The zero-order valence-electron chi connectivity index (χ0n) is 27.2. The van der Waals surface area contributed by atoms with E-state index in [9.17, 15) is 19.8 Å². The molecule has 1 amide bonds. The van der Waals surface area contributed by atoms with Crippen LogP contribution in [0, 0.1) is 0 Å². The third-order valence-electron chi connectivity index (χ3n) is 10.6. The Hall–Kier alpha value is -2.86. The minimum Gasteiger partial charge on any atom is -0.497 e. The lowest BCUT2D eigenvalue weighted by molar-refractivity contribution is -0.177. The molecule has 1 aliphatic carbocycles. The molecule has 4 atom stereocenters. The maximum absolute atomic E-state index is 14.2. The van der Waals surface area contributed by atoms with E-state index in [4.69, 9.17) is 18.9 Å². The van der Waals surface area contributed by atoms with Crippen LogP contribution in [0.2, 0.25) is 0 Å². The summed E-state index contributed by atoms with van der Waals surface area (Å²) in [6.07, 6.45) is 4.35. The number of methoxy groups -OCH3 is 1. The van der Waals surface area contributed by atoms with Crippen molar-refractivity contribution in [3.05, 3.63) is 35.1 Å². The Kier molecular flexibility index (Phi) is 8.84. The standard InChI is InChI=1S/C34H49N3O8/c1-5-35-14-16-36(17-15-35)28(38)21-34(41,11-6-9-32(2,3)40)31(39)45-30-27(42-4)20-33-10-7-12-37(33)13-8-23-18-25-26(44-22-43-25)19-24(23)29(30)33/h18-20,29-30,40-41H,5-17,21-22H2,1-4H3/t29-,30-,33+,34-/m1/s1. The molecular weight excluding hydrogens is 578 g/mol. The van der Waals surface area contributed by atoms with Crippen LogP contribution in [-0.4, -0.2) is 119 Å². The first kappa shape index (κ1) is 32.1. The number of carbonyl (C=O) groups is 2. The number of hydrogen-bond donors (Lipinski definition) is 2. The quantitative estimate of drug-likeness (QED) is 0.375. The van der Waals surface area contributed by atoms with Gasteiger partial charge in [0.1, 0.15) is 5.76 Å². The molecule has 1 spiro atoms. The van der Waals surface area contributed by atoms with Crippen molar-refractivity contribution in [2.24, 2.45) is 0 Å². The topological polar surface area (TPSA) is 121 Å². The van der Waals surface area contributed by atoms with Crippen molar-refractivity contribution in [3.8, 4) is 11.5 Å². The normalized spacial score (nSPS) is 27.6. The second kappa shape index (κ2) is 12.4. The van der Waals surface area contributed by atoms with Crippen molar-refractivity contribution in [2.45, 2.75) is 94.5 Å². The number of hydrogen-bond acceptors (Lipinski definition) is 10. The molecule has 45 heavy (non-hydrogen) atoms. The van der Waals surface area contributed by atoms with Gasteiger partial charge in [-0.25, -0.2) is 4.79 Å². The molecule has 4 aliphatic heterocycles. The van der Waals surface area contributed by atoms with Crippen LogP contribution in [0.25, 0.3) is 0 Å². The third-order valence-corrected chi connectivity index (χ3v) is 10.6. The Morgan fingerprint density at radius 3 is 2.47 bits per heavy atom. The monoisotopic (exact) mass is 627 g/mol. The highest BCUT2D eigenvalue weighted by atomic mass is 16.7. The summed E-state index contributed by atoms with van der Waals surface area (Å²) < 4.78 is 23.8. The van der Waals surface area contributed by atoms with Gasteiger partial charge in [-0.05, 0) is 94.8 Å². The number of nitrogens with zero attached hydrogens (tertiary/aromatic N) is 3. The van der Waals surface area contributed by atoms with Gasteiger partial charge in [0.25, 0.3) is 0 Å². The van der Waals surface area contributed by atoms with Gasteiger partial charge in [-0.15, -0.1) is 0 Å². The molecule has 2 fully saturated rings. The number of piperazine rings is 1. The first-order valence-corrected chi connectivity index (χ1v) is 16.6. The molecule has 6 rings (SSSR count). The molecule has 0 unspecified atom stereocenters. The van der Waals surface area contributed by atoms with Gasteiger partial charge in [0.2, 0.25) is 12.7 Å². The molecule has 0 radical (unpaired) electrons. The van der Waals surface area contributed by atoms with E-state index in [1.807, 2.05) is 12.1 Å². The Balaban J connectivity index is 1.30. The Bertz CT molecular complexity index is 1320. The molecule has 0 bridgehead atoms. The fraction of sp³-hybridized carbons (Fsp3) is 0.706. The lowest BCUT2D eigenvalue weighted by Gasteiger charge is -2.40. The zero-order valence-corrected chi connectivity index (χ0v) is 27.2. The summed E-state index contributed by atoms with van der Waals surface area (Å²) in [6.45, 7) is 10.9. The van der Waals surface area contributed by atoms with E-state index in [1.165, 1.54) is 0 Å². The fourth-order valence-electron chi connectivity index (χ4n) is 8.07. The van der Waals surface area contributed by atoms with Crippen LogP contribution in [0.15, 0.2) is 24.0 Å². The predicted molar refractivity (Wildman–Crippen MR) is 166 cm³/mol. The summed E-state index contributed by atoms with van der Waals surface area (Å²) in [7, 11) is 1.59. The molecule has 4 heterocycles. The number of carbonyl (C=O) groups excluding carboxylic acids is 2. The summed E-state index contributed by atoms with van der Waals surface area (Å²) in [5.41, 5.74) is -1.30. The maximum Gasteiger partial charge on any atom is 0.339 e. The molecular formula is C34H49N3O8. The number of aliphatic hydroxyl groups is 2. The summed E-state index contributed by atoms with van der Waals surface area (Å²) >= 11 is 0. The lowest BCUT2D eigenvalue weighted by Crippen LogP contribution is -2.53. The van der Waals surface area contributed by atoms with Crippen molar-refractivity contribution >= 4 is 11.9 Å². The van der Waals surface area contributed by atoms with Crippen LogP contribution >= 0.6 is 0 Å². The van der Waals surface area contributed by atoms with Crippen LogP contribution in [0.5, 0.6) is 11.5 Å². The second-order valence-corrected chi connectivity index (χ2v) is 14.0. The Morgan fingerprint density at radius 1 is 1.04 bits per heavy atom. The van der Waals surface area contributed by atoms with Gasteiger partial charge in [0.15, 0.2) is 23.2 Å². The predicted octanol–water partition coefficient (Wildman–Crippen LogP) is 2.57. The van der Waals surface area contributed by atoms with E-state index in [0.717, 1.165) is 68.9 Å². The number of likely N-dealkylation sites (N-methyl/N-ethyl adjacent to an activating group) is 1. The molecule has 5 aliphatic rings. The van der Waals surface area contributed by atoms with E-state index in [2.05, 4.69) is 22.8 Å². The lowest BCUT2D eigenvalue weighted by atomic mass is 9.77. The van der Waals surface area contributed by atoms with E-state index in [1.54, 1.807) is 25.9 Å². The van der Waals surface area contributed by atoms with Crippen LogP contribution in [0.3, 0.4) is 0 Å². The molecule has 0 saturated carbocycles. The summed E-state index contributed by atoms with van der Waals surface area (Å²) in [4.78, 5) is 34.3. The first-order chi connectivity index (χ1) is 21.5. The molecule has 2 N–H and O–H groups in total. The minimum absolute atomic E-state index is 0.00749. The number of amides is 1. The molecule has 2 saturated heterocycles. The van der Waals surface area contributed by atoms with Crippen molar-refractivity contribution in [1.29, 1.82) is 0 Å². The van der Waals surface area contributed by atoms with Gasteiger partial charge in [0, 0.05) is 32.7 Å². The second-order valence-electron chi connectivity index (χ2n) is 14.0. The molecule has 248 valence electrons. The van der Waals surface area contributed by atoms with Gasteiger partial charge in [0.05, 0.1) is 30.6 Å². The smallest absolute Gasteiger partial charge is 0.339 e. The largest absolute Gasteiger partial charge is 0.497 e. The van der Waals surface area contributed by atoms with E-state index in [-0.39, 0.29) is 31.5 Å². The molecule has 1 aromatic carbocycles. The zero-order chi connectivity index (χ0) is 32.0. The summed E-state index contributed by atoms with van der Waals surface area (Å²) in [5, 5.41) is 22.4. The first-order valence-electron chi connectivity index (χ1n) is 16.6. The van der Waals surface area contributed by atoms with Crippen LogP contribution in [-0.2, 0) is 25.5 Å². The van der Waals surface area contributed by atoms with Gasteiger partial charge >= 0.3 is 5.97 Å². The maximum atomic E-state index is 14.2. The van der Waals surface area contributed by atoms with Gasteiger partial charge < -0.3 is 39.0 Å². The third kappa shape index (κ3) is 6.16. The average molecular weight is 628 g/mol. The van der Waals surface area contributed by atoms with E-state index < -0.39 is 28.8 Å². The van der Waals surface area contributed by atoms with E-state index in [0.29, 0.717) is 37.4 Å². The summed E-state index contributed by atoms with van der Waals surface area (Å²) in [5.74, 6) is 0.545. The minimum atomic E-state index is -2.06. The number of rotatable bonds is 10. The van der Waals surface area contributed by atoms with Crippen LogP contribution in [0.4, 0.5) is 0 Å². The highest BCUT2D eigenvalue weighted by Gasteiger charge is 2.59. The highest BCUT2D eigenvalue weighted by Crippen LogP contribution is 2.55. The Morgan fingerprint density at radius 2 is 1.78 bits per heavy atom. The van der Waals surface area contributed by atoms with Gasteiger partial charge in [-0.1, -0.05) is 6.92 Å². The number of esters is 1. The number of fused-ring (bicyclic) bond motifs is 3. The average Bonchev–Trinajstić information content (AvgIpc) is 3.70. The molecule has 11 nitrogen and oxygen atoms in total. The van der Waals surface area contributed by atoms with Gasteiger partial charge in [-0.2, -0.15) is 0 Å². The van der Waals surface area contributed by atoms with Gasteiger partial charge in [-0.3, -0.25) is 9.69 Å². The van der Waals surface area contributed by atoms with Crippen molar-refractivity contribution in [1.82, 2.24) is 14.7 Å². The SMILES string of the molecule is CCN1CCN(C(=O)C[C@](O)(CCCC(C)(C)O)C(=O)O[C@@H]2C(OC)=C[C@]34CCCN3CCc3cc5c(cc3[C@H]24)OCO5)CC1. The molecule has 11 heteroatoms. The summed E-state index contributed by atoms with van der Waals surface area (Å²) in [6, 6.07) is 4.06. The number of benzene rings is 1. The van der Waals surface area contributed by atoms with Crippen LogP contribution < -0.4 is 9.47 Å².